The number of nitrogens with zero attached hydrogens (tertiary/aromatic N) is 3. The van der Waals surface area contributed by atoms with Gasteiger partial charge in [-0.05, 0) is 31.0 Å². The number of nitrogens with two attached hydrogens (primary N) is 1. The highest BCUT2D eigenvalue weighted by molar-refractivity contribution is 5.41. The molecule has 3 rings (SSSR count). The van der Waals surface area contributed by atoms with E-state index < -0.39 is 0 Å². The predicted molar refractivity (Wildman–Crippen MR) is 74.1 cm³/mol. The van der Waals surface area contributed by atoms with Crippen molar-refractivity contribution < 1.29 is 0 Å². The number of likely N-dealkylation sites (tertiary alicyclic amines) is 1. The van der Waals surface area contributed by atoms with Gasteiger partial charge in [-0.25, -0.2) is 4.98 Å². The first-order valence-corrected chi connectivity index (χ1v) is 6.59. The Balaban J connectivity index is 1.94. The summed E-state index contributed by atoms with van der Waals surface area (Å²) in [6, 6.07) is 5.71. The van der Waals surface area contributed by atoms with Crippen LogP contribution in [0.3, 0.4) is 0 Å². The van der Waals surface area contributed by atoms with Crippen molar-refractivity contribution in [3.63, 3.8) is 0 Å². The van der Waals surface area contributed by atoms with E-state index in [1.807, 2.05) is 19.1 Å². The van der Waals surface area contributed by atoms with Crippen molar-refractivity contribution >= 4 is 5.65 Å². The SMILES string of the molecule is Cc1ccn2c(=O)cc(CN3CC[C@H](N)C3)nc2c1. The molecule has 0 bridgehead atoms. The van der Waals surface area contributed by atoms with Crippen LogP contribution in [-0.4, -0.2) is 33.4 Å². The molecule has 5 nitrogen and oxygen atoms in total. The van der Waals surface area contributed by atoms with Crippen LogP contribution in [0.15, 0.2) is 29.2 Å². The molecule has 1 aliphatic heterocycles. The number of pyridine rings is 1. The summed E-state index contributed by atoms with van der Waals surface area (Å²) >= 11 is 0. The summed E-state index contributed by atoms with van der Waals surface area (Å²) < 4.78 is 1.58. The maximum Gasteiger partial charge on any atom is 0.258 e. The molecule has 0 saturated carbocycles. The fourth-order valence-electron chi connectivity index (χ4n) is 2.57. The maximum atomic E-state index is 12.0. The molecule has 0 aliphatic carbocycles. The molecular weight excluding hydrogens is 240 g/mol. The summed E-state index contributed by atoms with van der Waals surface area (Å²) in [6.45, 7) is 4.57. The maximum absolute atomic E-state index is 12.0. The highest BCUT2D eigenvalue weighted by atomic mass is 16.1. The van der Waals surface area contributed by atoms with Crippen LogP contribution in [-0.2, 0) is 6.54 Å². The third-order valence-corrected chi connectivity index (χ3v) is 3.57. The fourth-order valence-corrected chi connectivity index (χ4v) is 2.57. The first-order chi connectivity index (χ1) is 9.11. The van der Waals surface area contributed by atoms with Gasteiger partial charge in [-0.15, -0.1) is 0 Å². The molecule has 19 heavy (non-hydrogen) atoms. The Hall–Kier alpha value is -1.72. The molecule has 0 radical (unpaired) electrons. The van der Waals surface area contributed by atoms with Crippen molar-refractivity contribution in [1.29, 1.82) is 0 Å². The second kappa shape index (κ2) is 4.75. The minimum atomic E-state index is -0.0245. The smallest absolute Gasteiger partial charge is 0.258 e. The third kappa shape index (κ3) is 2.52. The molecule has 2 N–H and O–H groups in total. The number of hydrogen-bond donors (Lipinski definition) is 1. The summed E-state index contributed by atoms with van der Waals surface area (Å²) in [4.78, 5) is 18.8. The van der Waals surface area contributed by atoms with Gasteiger partial charge in [-0.3, -0.25) is 14.1 Å². The second-order valence-corrected chi connectivity index (χ2v) is 5.30. The molecule has 1 aliphatic rings. The minimum absolute atomic E-state index is 0.0245. The fraction of sp³-hybridized carbons (Fsp3) is 0.429. The summed E-state index contributed by atoms with van der Waals surface area (Å²) in [5.41, 5.74) is 8.51. The summed E-state index contributed by atoms with van der Waals surface area (Å²) in [7, 11) is 0. The van der Waals surface area contributed by atoms with E-state index in [2.05, 4.69) is 9.88 Å². The zero-order valence-electron chi connectivity index (χ0n) is 11.0. The summed E-state index contributed by atoms with van der Waals surface area (Å²) in [6.07, 6.45) is 2.79. The van der Waals surface area contributed by atoms with Gasteiger partial charge in [0, 0.05) is 37.9 Å². The van der Waals surface area contributed by atoms with Crippen LogP contribution in [0.4, 0.5) is 0 Å². The lowest BCUT2D eigenvalue weighted by atomic mass is 10.3. The van der Waals surface area contributed by atoms with Gasteiger partial charge < -0.3 is 5.73 Å². The lowest BCUT2D eigenvalue weighted by molar-refractivity contribution is 0.323. The van der Waals surface area contributed by atoms with Gasteiger partial charge in [0.2, 0.25) is 0 Å². The standard InChI is InChI=1S/C14H18N4O/c1-10-2-5-18-13(6-10)16-12(7-14(18)19)9-17-4-3-11(15)8-17/h2,5-7,11H,3-4,8-9,15H2,1H3/t11-/m0/s1. The van der Waals surface area contributed by atoms with Gasteiger partial charge in [-0.1, -0.05) is 0 Å². The molecule has 0 amide bonds. The average molecular weight is 258 g/mol. The molecular formula is C14H18N4O. The van der Waals surface area contributed by atoms with Gasteiger partial charge in [0.15, 0.2) is 0 Å². The highest BCUT2D eigenvalue weighted by Crippen LogP contribution is 2.11. The lowest BCUT2D eigenvalue weighted by Crippen LogP contribution is -2.27. The largest absolute Gasteiger partial charge is 0.326 e. The van der Waals surface area contributed by atoms with E-state index in [1.54, 1.807) is 16.7 Å². The average Bonchev–Trinajstić information content (AvgIpc) is 2.74. The molecule has 1 atom stereocenters. The van der Waals surface area contributed by atoms with Crippen LogP contribution in [0.2, 0.25) is 0 Å². The zero-order chi connectivity index (χ0) is 13.4. The van der Waals surface area contributed by atoms with Crippen LogP contribution >= 0.6 is 0 Å². The van der Waals surface area contributed by atoms with Crippen LogP contribution in [0.1, 0.15) is 17.7 Å². The van der Waals surface area contributed by atoms with E-state index in [0.717, 1.165) is 30.8 Å². The van der Waals surface area contributed by atoms with Gasteiger partial charge in [0.1, 0.15) is 5.65 Å². The third-order valence-electron chi connectivity index (χ3n) is 3.57. The first kappa shape index (κ1) is 12.3. The van der Waals surface area contributed by atoms with E-state index in [4.69, 9.17) is 5.73 Å². The molecule has 1 saturated heterocycles. The number of hydrogen-bond acceptors (Lipinski definition) is 4. The molecule has 0 aromatic carbocycles. The van der Waals surface area contributed by atoms with Gasteiger partial charge >= 0.3 is 0 Å². The summed E-state index contributed by atoms with van der Waals surface area (Å²) in [5.74, 6) is 0. The molecule has 0 unspecified atom stereocenters. The minimum Gasteiger partial charge on any atom is -0.326 e. The number of fused-ring (bicyclic) bond motifs is 1. The van der Waals surface area contributed by atoms with Crippen LogP contribution in [0.25, 0.3) is 5.65 Å². The van der Waals surface area contributed by atoms with E-state index in [0.29, 0.717) is 12.2 Å². The highest BCUT2D eigenvalue weighted by Gasteiger charge is 2.19. The van der Waals surface area contributed by atoms with Crippen molar-refractivity contribution in [3.8, 4) is 0 Å². The number of aryl methyl sites for hydroxylation is 1. The van der Waals surface area contributed by atoms with Crippen molar-refractivity contribution in [1.82, 2.24) is 14.3 Å². The van der Waals surface area contributed by atoms with Crippen molar-refractivity contribution in [2.75, 3.05) is 13.1 Å². The molecule has 0 spiro atoms. The lowest BCUT2D eigenvalue weighted by Gasteiger charge is -2.14. The van der Waals surface area contributed by atoms with E-state index in [1.165, 1.54) is 0 Å². The Morgan fingerprint density at radius 2 is 2.32 bits per heavy atom. The van der Waals surface area contributed by atoms with E-state index >= 15 is 0 Å². The Labute approximate surface area is 111 Å². The van der Waals surface area contributed by atoms with E-state index in [-0.39, 0.29) is 11.6 Å². The normalized spacial score (nSPS) is 20.2. The number of aromatic nitrogens is 2. The zero-order valence-corrected chi connectivity index (χ0v) is 11.0. The second-order valence-electron chi connectivity index (χ2n) is 5.30. The van der Waals surface area contributed by atoms with Crippen LogP contribution in [0.5, 0.6) is 0 Å². The molecule has 2 aromatic heterocycles. The summed E-state index contributed by atoms with van der Waals surface area (Å²) in [5, 5.41) is 0. The number of rotatable bonds is 2. The Morgan fingerprint density at radius 3 is 3.05 bits per heavy atom. The van der Waals surface area contributed by atoms with Gasteiger partial charge in [-0.2, -0.15) is 0 Å². The van der Waals surface area contributed by atoms with Crippen LogP contribution in [0, 0.1) is 6.92 Å². The van der Waals surface area contributed by atoms with E-state index in [9.17, 15) is 4.79 Å². The Bertz CT molecular complexity index is 664. The molecule has 5 heteroatoms. The van der Waals surface area contributed by atoms with Gasteiger partial charge in [0.25, 0.3) is 5.56 Å². The van der Waals surface area contributed by atoms with Crippen molar-refractivity contribution in [2.24, 2.45) is 5.73 Å². The van der Waals surface area contributed by atoms with Gasteiger partial charge in [0.05, 0.1) is 5.69 Å². The molecule has 3 heterocycles. The predicted octanol–water partition coefficient (Wildman–Crippen LogP) is 0.536. The monoisotopic (exact) mass is 258 g/mol. The Morgan fingerprint density at radius 1 is 1.47 bits per heavy atom. The topological polar surface area (TPSA) is 63.6 Å². The van der Waals surface area contributed by atoms with Crippen LogP contribution < -0.4 is 11.3 Å². The first-order valence-electron chi connectivity index (χ1n) is 6.59. The van der Waals surface area contributed by atoms with Crippen molar-refractivity contribution in [3.05, 3.63) is 46.0 Å². The quantitative estimate of drug-likeness (QED) is 0.853. The molecule has 100 valence electrons. The molecule has 2 aromatic rings. The molecule has 1 fully saturated rings. The van der Waals surface area contributed by atoms with Crippen molar-refractivity contribution in [2.45, 2.75) is 25.9 Å². The Kier molecular flexibility index (Phi) is 3.08.